The van der Waals surface area contributed by atoms with Crippen LogP contribution < -0.4 is 0 Å². The van der Waals surface area contributed by atoms with Gasteiger partial charge in [0.15, 0.2) is 5.78 Å². The first-order valence-electron chi connectivity index (χ1n) is 7.40. The summed E-state index contributed by atoms with van der Waals surface area (Å²) in [6.45, 7) is 2.85. The van der Waals surface area contributed by atoms with E-state index in [1.54, 1.807) is 12.1 Å². The zero-order valence-corrected chi connectivity index (χ0v) is 16.3. The van der Waals surface area contributed by atoms with Crippen LogP contribution in [0.4, 0.5) is 0 Å². The summed E-state index contributed by atoms with van der Waals surface area (Å²) in [4.78, 5) is 10.0. The molecule has 0 saturated heterocycles. The number of benzene rings is 2. The molecule has 1 radical (unpaired) electrons. The van der Waals surface area contributed by atoms with E-state index in [9.17, 15) is 9.90 Å². The molecule has 0 unspecified atom stereocenters. The summed E-state index contributed by atoms with van der Waals surface area (Å²) < 4.78 is 0. The molecular formula is C19H19MnN2O3S-. The maximum Gasteiger partial charge on any atom is 0.238 e. The van der Waals surface area contributed by atoms with Crippen LogP contribution in [0, 0.1) is 0 Å². The zero-order chi connectivity index (χ0) is 18.7. The smallest absolute Gasteiger partial charge is 0.238 e. The number of allylic oxidation sites excluding steroid dienone is 2. The molecule has 0 heterocycles. The van der Waals surface area contributed by atoms with E-state index >= 15 is 0 Å². The molecule has 2 aromatic carbocycles. The van der Waals surface area contributed by atoms with Crippen molar-refractivity contribution in [2.75, 3.05) is 0 Å². The Labute approximate surface area is 169 Å². The van der Waals surface area contributed by atoms with Gasteiger partial charge >= 0.3 is 0 Å². The second-order valence-corrected chi connectivity index (χ2v) is 5.34. The van der Waals surface area contributed by atoms with Gasteiger partial charge in [-0.15, -0.1) is 5.10 Å². The minimum Gasteiger partial charge on any atom is -0.758 e. The fraction of sp³-hybridized carbons (Fsp3) is 0.105. The summed E-state index contributed by atoms with van der Waals surface area (Å²) in [6, 6.07) is 18.3. The van der Waals surface area contributed by atoms with E-state index in [0.717, 1.165) is 5.56 Å². The molecule has 0 aliphatic rings. The Kier molecular flexibility index (Phi) is 11.6. The first kappa shape index (κ1) is 23.5. The molecule has 0 aliphatic heterocycles. The predicted molar refractivity (Wildman–Crippen MR) is 103 cm³/mol. The van der Waals surface area contributed by atoms with Gasteiger partial charge < -0.3 is 22.8 Å². The molecule has 2 aromatic rings. The number of ketones is 1. The average molecular weight is 410 g/mol. The second kappa shape index (κ2) is 12.8. The molecule has 2 rings (SSSR count). The fourth-order valence-corrected chi connectivity index (χ4v) is 1.85. The van der Waals surface area contributed by atoms with E-state index in [2.05, 4.69) is 10.2 Å². The van der Waals surface area contributed by atoms with Crippen molar-refractivity contribution in [3.8, 4) is 0 Å². The van der Waals surface area contributed by atoms with Crippen molar-refractivity contribution in [3.05, 3.63) is 83.6 Å². The number of hydrogen-bond acceptors (Lipinski definition) is 5. The van der Waals surface area contributed by atoms with Crippen LogP contribution in [0.15, 0.2) is 82.7 Å². The van der Waals surface area contributed by atoms with Crippen molar-refractivity contribution in [1.82, 2.24) is 0 Å². The topological polar surface area (TPSA) is 82.2 Å². The first-order valence-corrected chi connectivity index (χ1v) is 7.81. The maximum absolute atomic E-state index is 10.0. The van der Waals surface area contributed by atoms with Crippen molar-refractivity contribution in [3.63, 3.8) is 0 Å². The van der Waals surface area contributed by atoms with Gasteiger partial charge in [0.25, 0.3) is 0 Å². The van der Waals surface area contributed by atoms with E-state index < -0.39 is 0 Å². The van der Waals surface area contributed by atoms with Crippen molar-refractivity contribution in [2.45, 2.75) is 13.8 Å². The molecule has 137 valence electrons. The third-order valence-corrected chi connectivity index (χ3v) is 3.02. The van der Waals surface area contributed by atoms with Crippen molar-refractivity contribution >= 4 is 29.4 Å². The van der Waals surface area contributed by atoms with Gasteiger partial charge in [0, 0.05) is 28.7 Å². The van der Waals surface area contributed by atoms with Gasteiger partial charge in [-0.2, -0.15) is 5.10 Å². The van der Waals surface area contributed by atoms with E-state index in [1.807, 2.05) is 48.5 Å². The molecule has 0 fully saturated rings. The van der Waals surface area contributed by atoms with Crippen LogP contribution in [0.25, 0.3) is 0 Å². The van der Waals surface area contributed by atoms with E-state index in [1.165, 1.54) is 19.9 Å². The molecule has 0 aromatic heterocycles. The summed E-state index contributed by atoms with van der Waals surface area (Å²) in [5.41, 5.74) is 1.41. The molecule has 0 saturated carbocycles. The van der Waals surface area contributed by atoms with E-state index in [-0.39, 0.29) is 34.5 Å². The van der Waals surface area contributed by atoms with Gasteiger partial charge in [0.1, 0.15) is 0 Å². The predicted octanol–water partition coefficient (Wildman–Crippen LogP) is 3.93. The summed E-state index contributed by atoms with van der Waals surface area (Å²) >= 11 is 5.10. The minimum atomic E-state index is -0.145. The van der Waals surface area contributed by atoms with E-state index in [4.69, 9.17) is 17.7 Å². The van der Waals surface area contributed by atoms with Gasteiger partial charge in [0.05, 0.1) is 5.76 Å². The molecule has 2 N–H and O–H groups in total. The van der Waals surface area contributed by atoms with Crippen LogP contribution >= 0.6 is 0 Å². The van der Waals surface area contributed by atoms with Crippen LogP contribution in [0.5, 0.6) is 0 Å². The first-order chi connectivity index (χ1) is 11.9. The van der Waals surface area contributed by atoms with Crippen molar-refractivity contribution < 1.29 is 32.1 Å². The Balaban J connectivity index is 0.000000673. The SMILES string of the molecule is CC(=O)/C=C(/C)O.O/C(=N\N=C(/[S-])c1ccccc1)c1ccccc1.[Mn]. The van der Waals surface area contributed by atoms with Crippen LogP contribution in [0.3, 0.4) is 0 Å². The standard InChI is InChI=1S/C14H12N2OS.C5H8O2.Mn/c17-13(11-7-3-1-4-8-11)15-16-14(18)12-9-5-2-6-10-12;1-4(6)3-5(2)7;/h1-10H,(H,15,17)(H,16,18);3,6H,1-2H3;/p-1/b;4-3-;. The van der Waals surface area contributed by atoms with Crippen LogP contribution in [0.2, 0.25) is 0 Å². The van der Waals surface area contributed by atoms with Gasteiger partial charge in [-0.25, -0.2) is 0 Å². The molecule has 26 heavy (non-hydrogen) atoms. The largest absolute Gasteiger partial charge is 0.758 e. The Hall–Kier alpha value is -2.47. The molecular weight excluding hydrogens is 391 g/mol. The van der Waals surface area contributed by atoms with Gasteiger partial charge in [-0.05, 0) is 31.5 Å². The molecule has 5 nitrogen and oxygen atoms in total. The van der Waals surface area contributed by atoms with Crippen LogP contribution in [0.1, 0.15) is 25.0 Å². The number of rotatable bonds is 4. The number of nitrogens with zero attached hydrogens (tertiary/aromatic N) is 2. The Morgan fingerprint density at radius 3 is 1.73 bits per heavy atom. The number of hydrogen-bond donors (Lipinski definition) is 2. The Morgan fingerprint density at radius 2 is 1.35 bits per heavy atom. The number of carbonyl (C=O) groups excluding carboxylic acids is 1. The molecule has 0 amide bonds. The maximum atomic E-state index is 10.0. The fourth-order valence-electron chi connectivity index (χ4n) is 1.67. The van der Waals surface area contributed by atoms with Gasteiger partial charge in [-0.1, -0.05) is 53.6 Å². The third kappa shape index (κ3) is 9.74. The Morgan fingerprint density at radius 1 is 0.885 bits per heavy atom. The van der Waals surface area contributed by atoms with Crippen molar-refractivity contribution in [1.29, 1.82) is 0 Å². The molecule has 0 aliphatic carbocycles. The van der Waals surface area contributed by atoms with Gasteiger partial charge in [-0.3, -0.25) is 4.79 Å². The normalized spacial score (nSPS) is 11.7. The quantitative estimate of drug-likeness (QED) is 0.152. The third-order valence-electron chi connectivity index (χ3n) is 2.70. The summed E-state index contributed by atoms with van der Waals surface area (Å²) in [5.74, 6) is -0.207. The number of aliphatic hydroxyl groups excluding tert-OH is 2. The van der Waals surface area contributed by atoms with Crippen LogP contribution in [-0.2, 0) is 34.5 Å². The number of aliphatic hydroxyl groups is 2. The van der Waals surface area contributed by atoms with Crippen LogP contribution in [-0.4, -0.2) is 26.9 Å². The molecule has 7 heteroatoms. The van der Waals surface area contributed by atoms with Crippen molar-refractivity contribution in [2.24, 2.45) is 10.2 Å². The summed E-state index contributed by atoms with van der Waals surface area (Å²) in [6.07, 6.45) is 1.17. The second-order valence-electron chi connectivity index (χ2n) is 4.96. The van der Waals surface area contributed by atoms with E-state index in [0.29, 0.717) is 10.6 Å². The summed E-state index contributed by atoms with van der Waals surface area (Å²) in [7, 11) is 0. The molecule has 0 spiro atoms. The monoisotopic (exact) mass is 410 g/mol. The number of carbonyl (C=O) groups is 1. The molecule has 0 atom stereocenters. The zero-order valence-electron chi connectivity index (χ0n) is 14.3. The minimum absolute atomic E-state index is 0. The molecule has 0 bridgehead atoms. The summed E-state index contributed by atoms with van der Waals surface area (Å²) in [5, 5.41) is 26.0. The van der Waals surface area contributed by atoms with Gasteiger partial charge in [0.2, 0.25) is 5.90 Å². The average Bonchev–Trinajstić information content (AvgIpc) is 2.60. The Bertz CT molecular complexity index is 718.